The van der Waals surface area contributed by atoms with Crippen molar-refractivity contribution in [2.45, 2.75) is 18.4 Å². The molecule has 0 unspecified atom stereocenters. The van der Waals surface area contributed by atoms with E-state index in [1.807, 2.05) is 12.1 Å². The average molecular weight is 361 g/mol. The molecule has 126 valence electrons. The van der Waals surface area contributed by atoms with Crippen LogP contribution in [-0.2, 0) is 0 Å². The highest BCUT2D eigenvalue weighted by Gasteiger charge is 2.36. The molecule has 2 aliphatic rings. The molecule has 4 heteroatoms. The molecule has 2 aromatic carbocycles. The fraction of sp³-hybridized carbons (Fsp3) is 0.400. The minimum atomic E-state index is 0.403. The lowest BCUT2D eigenvalue weighted by Crippen LogP contribution is -2.45. The van der Waals surface area contributed by atoms with Gasteiger partial charge in [-0.2, -0.15) is 0 Å². The molecule has 1 heterocycles. The molecule has 2 atom stereocenters. The van der Waals surface area contributed by atoms with Gasteiger partial charge in [-0.05, 0) is 42.3 Å². The third-order valence-electron chi connectivity index (χ3n) is 5.51. The van der Waals surface area contributed by atoms with E-state index in [0.717, 1.165) is 32.6 Å². The molecule has 0 bridgehead atoms. The maximum absolute atomic E-state index is 6.27. The van der Waals surface area contributed by atoms with Gasteiger partial charge in [-0.15, -0.1) is 0 Å². The van der Waals surface area contributed by atoms with Crippen LogP contribution in [0, 0.1) is 0 Å². The molecule has 4 rings (SSSR count). The molecule has 1 saturated heterocycles. The minimum absolute atomic E-state index is 0.403. The van der Waals surface area contributed by atoms with Gasteiger partial charge >= 0.3 is 0 Å². The molecule has 1 aliphatic heterocycles. The molecule has 0 saturated carbocycles. The quantitative estimate of drug-likeness (QED) is 0.757. The number of hydrogen-bond donors (Lipinski definition) is 0. The second kappa shape index (κ2) is 6.68. The highest BCUT2D eigenvalue weighted by Crippen LogP contribution is 2.47. The lowest BCUT2D eigenvalue weighted by Gasteiger charge is -2.37. The molecule has 2 nitrogen and oxygen atoms in total. The van der Waals surface area contributed by atoms with Crippen molar-refractivity contribution in [3.8, 4) is 0 Å². The van der Waals surface area contributed by atoms with E-state index in [2.05, 4.69) is 47.2 Å². The van der Waals surface area contributed by atoms with Crippen LogP contribution in [0.2, 0.25) is 10.0 Å². The first-order valence-corrected chi connectivity index (χ1v) is 9.35. The van der Waals surface area contributed by atoms with Gasteiger partial charge in [0.15, 0.2) is 0 Å². The van der Waals surface area contributed by atoms with E-state index in [-0.39, 0.29) is 0 Å². The summed E-state index contributed by atoms with van der Waals surface area (Å²) in [7, 11) is 2.21. The van der Waals surface area contributed by atoms with Gasteiger partial charge in [0.25, 0.3) is 0 Å². The highest BCUT2D eigenvalue weighted by molar-refractivity contribution is 6.42. The minimum Gasteiger partial charge on any atom is -0.304 e. The van der Waals surface area contributed by atoms with Gasteiger partial charge < -0.3 is 4.90 Å². The molecule has 24 heavy (non-hydrogen) atoms. The number of likely N-dealkylation sites (N-methyl/N-ethyl adjacent to an activating group) is 1. The van der Waals surface area contributed by atoms with Crippen molar-refractivity contribution in [3.05, 3.63) is 69.2 Å². The van der Waals surface area contributed by atoms with Crippen molar-refractivity contribution in [2.75, 3.05) is 33.2 Å². The predicted molar refractivity (Wildman–Crippen MR) is 101 cm³/mol. The van der Waals surface area contributed by atoms with Crippen LogP contribution in [0.3, 0.4) is 0 Å². The number of hydrogen-bond acceptors (Lipinski definition) is 2. The average Bonchev–Trinajstić information content (AvgIpc) is 2.98. The van der Waals surface area contributed by atoms with Crippen LogP contribution in [0.1, 0.15) is 35.1 Å². The van der Waals surface area contributed by atoms with E-state index in [1.165, 1.54) is 16.7 Å². The van der Waals surface area contributed by atoms with Crippen LogP contribution < -0.4 is 0 Å². The summed E-state index contributed by atoms with van der Waals surface area (Å²) in [5.74, 6) is 0.403. The van der Waals surface area contributed by atoms with Gasteiger partial charge in [-0.1, -0.05) is 53.5 Å². The zero-order valence-electron chi connectivity index (χ0n) is 13.9. The van der Waals surface area contributed by atoms with Gasteiger partial charge in [0, 0.05) is 38.1 Å². The Balaban J connectivity index is 1.67. The normalized spacial score (nSPS) is 25.0. The number of nitrogens with zero attached hydrogens (tertiary/aromatic N) is 2. The van der Waals surface area contributed by atoms with Crippen molar-refractivity contribution < 1.29 is 0 Å². The zero-order valence-corrected chi connectivity index (χ0v) is 15.4. The maximum atomic E-state index is 6.27. The summed E-state index contributed by atoms with van der Waals surface area (Å²) < 4.78 is 0. The molecule has 0 spiro atoms. The smallest absolute Gasteiger partial charge is 0.0595 e. The second-order valence-electron chi connectivity index (χ2n) is 6.95. The summed E-state index contributed by atoms with van der Waals surface area (Å²) in [6.45, 7) is 4.58. The van der Waals surface area contributed by atoms with Crippen molar-refractivity contribution in [3.63, 3.8) is 0 Å². The summed E-state index contributed by atoms with van der Waals surface area (Å²) in [6, 6.07) is 15.5. The number of rotatable bonds is 2. The van der Waals surface area contributed by atoms with Gasteiger partial charge in [0.05, 0.1) is 10.0 Å². The van der Waals surface area contributed by atoms with Crippen LogP contribution in [0.4, 0.5) is 0 Å². The second-order valence-corrected chi connectivity index (χ2v) is 7.76. The SMILES string of the molecule is CN1CCN([C@H]2C[C@H](c3ccc(Cl)c(Cl)c3)c3ccccc32)CC1. The van der Waals surface area contributed by atoms with Crippen molar-refractivity contribution in [1.82, 2.24) is 9.80 Å². The molecule has 2 aromatic rings. The largest absolute Gasteiger partial charge is 0.304 e. The Labute approximate surface area is 154 Å². The number of halogens is 2. The Morgan fingerprint density at radius 3 is 2.29 bits per heavy atom. The van der Waals surface area contributed by atoms with E-state index in [1.54, 1.807) is 0 Å². The summed E-state index contributed by atoms with van der Waals surface area (Å²) in [6.07, 6.45) is 1.13. The van der Waals surface area contributed by atoms with Crippen LogP contribution in [0.15, 0.2) is 42.5 Å². The fourth-order valence-corrected chi connectivity index (χ4v) is 4.44. The standard InChI is InChI=1S/C20H22Cl2N2/c1-23-8-10-24(11-9-23)20-13-17(15-4-2-3-5-16(15)20)14-6-7-18(21)19(22)12-14/h2-7,12,17,20H,8-11,13H2,1H3/t17-,20+/m1/s1. The first-order chi connectivity index (χ1) is 11.6. The summed E-state index contributed by atoms with van der Waals surface area (Å²) in [5.41, 5.74) is 4.20. The Hall–Kier alpha value is -1.06. The highest BCUT2D eigenvalue weighted by atomic mass is 35.5. The first-order valence-electron chi connectivity index (χ1n) is 8.60. The Kier molecular flexibility index (Phi) is 4.57. The number of fused-ring (bicyclic) bond motifs is 1. The van der Waals surface area contributed by atoms with E-state index >= 15 is 0 Å². The van der Waals surface area contributed by atoms with Crippen molar-refractivity contribution in [1.29, 1.82) is 0 Å². The molecule has 0 radical (unpaired) electrons. The Morgan fingerprint density at radius 1 is 0.875 bits per heavy atom. The van der Waals surface area contributed by atoms with Gasteiger partial charge in [0.2, 0.25) is 0 Å². The molecule has 1 aliphatic carbocycles. The fourth-order valence-electron chi connectivity index (χ4n) is 4.13. The summed E-state index contributed by atoms with van der Waals surface area (Å²) in [4.78, 5) is 5.06. The zero-order chi connectivity index (χ0) is 16.7. The number of piperazine rings is 1. The van der Waals surface area contributed by atoms with Crippen LogP contribution >= 0.6 is 23.2 Å². The first kappa shape index (κ1) is 16.4. The Bertz CT molecular complexity index is 738. The van der Waals surface area contributed by atoms with Crippen LogP contribution in [-0.4, -0.2) is 43.0 Å². The van der Waals surface area contributed by atoms with E-state index in [0.29, 0.717) is 22.0 Å². The third kappa shape index (κ3) is 2.97. The van der Waals surface area contributed by atoms with Crippen LogP contribution in [0.5, 0.6) is 0 Å². The molecule has 0 N–H and O–H groups in total. The van der Waals surface area contributed by atoms with Gasteiger partial charge in [-0.3, -0.25) is 4.90 Å². The summed E-state index contributed by atoms with van der Waals surface area (Å²) in [5, 5.41) is 1.28. The van der Waals surface area contributed by atoms with E-state index in [9.17, 15) is 0 Å². The molecular formula is C20H22Cl2N2. The number of benzene rings is 2. The van der Waals surface area contributed by atoms with E-state index in [4.69, 9.17) is 23.2 Å². The molecule has 1 fully saturated rings. The van der Waals surface area contributed by atoms with Crippen molar-refractivity contribution in [2.24, 2.45) is 0 Å². The van der Waals surface area contributed by atoms with E-state index < -0.39 is 0 Å². The summed E-state index contributed by atoms with van der Waals surface area (Å²) >= 11 is 12.4. The predicted octanol–water partition coefficient (Wildman–Crippen LogP) is 4.82. The van der Waals surface area contributed by atoms with Gasteiger partial charge in [-0.25, -0.2) is 0 Å². The monoisotopic (exact) mass is 360 g/mol. The molecule has 0 aromatic heterocycles. The maximum Gasteiger partial charge on any atom is 0.0595 e. The van der Waals surface area contributed by atoms with Gasteiger partial charge in [0.1, 0.15) is 0 Å². The lowest BCUT2D eigenvalue weighted by molar-refractivity contribution is 0.110. The topological polar surface area (TPSA) is 6.48 Å². The molecular weight excluding hydrogens is 339 g/mol. The van der Waals surface area contributed by atoms with Crippen molar-refractivity contribution >= 4 is 23.2 Å². The third-order valence-corrected chi connectivity index (χ3v) is 6.25. The lowest BCUT2D eigenvalue weighted by atomic mass is 9.93. The Morgan fingerprint density at radius 2 is 1.58 bits per heavy atom. The van der Waals surface area contributed by atoms with Crippen LogP contribution in [0.25, 0.3) is 0 Å². The molecule has 0 amide bonds.